The molecule has 0 saturated heterocycles. The zero-order valence-electron chi connectivity index (χ0n) is 7.39. The summed E-state index contributed by atoms with van der Waals surface area (Å²) >= 11 is 0. The second-order valence-electron chi connectivity index (χ2n) is 3.39. The zero-order chi connectivity index (χ0) is 9.71. The molecule has 0 saturated carbocycles. The summed E-state index contributed by atoms with van der Waals surface area (Å²) in [5.41, 5.74) is 2.56. The van der Waals surface area contributed by atoms with E-state index in [9.17, 15) is 0 Å². The van der Waals surface area contributed by atoms with Gasteiger partial charge in [0, 0.05) is 16.9 Å². The topological polar surface area (TPSA) is 47.7 Å². The van der Waals surface area contributed by atoms with Crippen molar-refractivity contribution in [2.45, 2.75) is 0 Å². The lowest BCUT2D eigenvalue weighted by Crippen LogP contribution is -2.29. The molecule has 1 aromatic carbocycles. The largest absolute Gasteiger partial charge is 0.300 e. The second kappa shape index (κ2) is 2.29. The Hall–Kier alpha value is -1.96. The molecule has 0 aliphatic heterocycles. The van der Waals surface area contributed by atoms with Crippen molar-refractivity contribution in [3.63, 3.8) is 0 Å². The highest BCUT2D eigenvalue weighted by atomic mass is 14.5. The van der Waals surface area contributed by atoms with E-state index in [-0.39, 0.29) is 0 Å². The van der Waals surface area contributed by atoms with E-state index in [0.29, 0.717) is 11.4 Å². The summed E-state index contributed by atoms with van der Waals surface area (Å²) in [4.78, 5) is 0. The zero-order valence-corrected chi connectivity index (χ0v) is 7.39. The fourth-order valence-corrected chi connectivity index (χ4v) is 1.94. The Morgan fingerprint density at radius 3 is 2.79 bits per heavy atom. The summed E-state index contributed by atoms with van der Waals surface area (Å²) in [7, 11) is 0. The van der Waals surface area contributed by atoms with Crippen molar-refractivity contribution < 1.29 is 0 Å². The van der Waals surface area contributed by atoms with Gasteiger partial charge in [-0.05, 0) is 16.9 Å². The molecule has 2 nitrogen and oxygen atoms in total. The van der Waals surface area contributed by atoms with E-state index in [4.69, 9.17) is 10.8 Å². The van der Waals surface area contributed by atoms with Crippen LogP contribution in [0.2, 0.25) is 0 Å². The summed E-state index contributed by atoms with van der Waals surface area (Å²) < 4.78 is 0. The molecule has 2 N–H and O–H groups in total. The number of benzene rings is 1. The first-order chi connectivity index (χ1) is 6.77. The molecule has 0 unspecified atom stereocenters. The number of hydrogen-bond acceptors (Lipinski definition) is 2. The van der Waals surface area contributed by atoms with Crippen LogP contribution in [-0.2, 0) is 0 Å². The van der Waals surface area contributed by atoms with Crippen molar-refractivity contribution in [2.24, 2.45) is 0 Å². The highest BCUT2D eigenvalue weighted by Gasteiger charge is 2.18. The molecule has 1 aromatic rings. The van der Waals surface area contributed by atoms with Crippen LogP contribution in [0.4, 0.5) is 0 Å². The summed E-state index contributed by atoms with van der Waals surface area (Å²) in [6, 6.07) is 5.89. The Labute approximate surface area is 80.9 Å². The summed E-state index contributed by atoms with van der Waals surface area (Å²) in [6.45, 7) is 0. The van der Waals surface area contributed by atoms with Gasteiger partial charge in [-0.15, -0.1) is 0 Å². The Morgan fingerprint density at radius 2 is 1.93 bits per heavy atom. The van der Waals surface area contributed by atoms with Crippen LogP contribution < -0.4 is 10.4 Å². The minimum absolute atomic E-state index is 0.335. The Morgan fingerprint density at radius 1 is 1.07 bits per heavy atom. The SMILES string of the molecule is N=C1[C]=c2cccc3c2=C1C(=N)C=C3. The van der Waals surface area contributed by atoms with Crippen LogP contribution in [0, 0.1) is 10.8 Å². The van der Waals surface area contributed by atoms with Crippen LogP contribution in [0.25, 0.3) is 17.7 Å². The highest BCUT2D eigenvalue weighted by Crippen LogP contribution is 2.12. The lowest BCUT2D eigenvalue weighted by molar-refractivity contribution is 1.47. The van der Waals surface area contributed by atoms with E-state index < -0.39 is 0 Å². The lowest BCUT2D eigenvalue weighted by atomic mass is 9.97. The van der Waals surface area contributed by atoms with Gasteiger partial charge in [0.05, 0.1) is 11.4 Å². The fraction of sp³-hybridized carbons (Fsp3) is 0. The predicted molar refractivity (Wildman–Crippen MR) is 57.0 cm³/mol. The Balaban J connectivity index is 2.64. The number of allylic oxidation sites excluding steroid dienone is 1. The van der Waals surface area contributed by atoms with Crippen molar-refractivity contribution in [3.05, 3.63) is 40.3 Å². The molecule has 0 bridgehead atoms. The molecule has 3 rings (SSSR count). The summed E-state index contributed by atoms with van der Waals surface area (Å²) in [5, 5.41) is 17.4. The first-order valence-electron chi connectivity index (χ1n) is 4.40. The van der Waals surface area contributed by atoms with Crippen LogP contribution in [-0.4, -0.2) is 11.4 Å². The van der Waals surface area contributed by atoms with Gasteiger partial charge in [0.25, 0.3) is 0 Å². The third kappa shape index (κ3) is 0.752. The van der Waals surface area contributed by atoms with Crippen molar-refractivity contribution in [2.75, 3.05) is 0 Å². The van der Waals surface area contributed by atoms with E-state index in [1.54, 1.807) is 6.08 Å². The highest BCUT2D eigenvalue weighted by molar-refractivity contribution is 6.54. The first kappa shape index (κ1) is 7.44. The van der Waals surface area contributed by atoms with Gasteiger partial charge < -0.3 is 5.41 Å². The smallest absolute Gasteiger partial charge is 0.0725 e. The van der Waals surface area contributed by atoms with E-state index >= 15 is 0 Å². The quantitative estimate of drug-likeness (QED) is 0.585. The standard InChI is InChI=1S/C12H7N2/c13-9-5-4-7-2-1-3-8-6-10(14)12(9)11(7)8/h1-5,13-14H. The molecular formula is C12H7N2. The van der Waals surface area contributed by atoms with Crippen LogP contribution in [0.1, 0.15) is 5.56 Å². The van der Waals surface area contributed by atoms with E-state index in [1.165, 1.54) is 0 Å². The molecule has 0 atom stereocenters. The van der Waals surface area contributed by atoms with Crippen LogP contribution in [0.3, 0.4) is 0 Å². The number of hydrogen-bond donors (Lipinski definition) is 2. The minimum atomic E-state index is 0.335. The van der Waals surface area contributed by atoms with Gasteiger partial charge in [0.1, 0.15) is 0 Å². The lowest BCUT2D eigenvalue weighted by Gasteiger charge is -2.07. The van der Waals surface area contributed by atoms with Gasteiger partial charge in [-0.2, -0.15) is 0 Å². The molecule has 1 radical (unpaired) electrons. The normalized spacial score (nSPS) is 17.0. The van der Waals surface area contributed by atoms with Crippen LogP contribution in [0.5, 0.6) is 0 Å². The van der Waals surface area contributed by atoms with Crippen molar-refractivity contribution in [3.8, 4) is 0 Å². The van der Waals surface area contributed by atoms with Crippen molar-refractivity contribution >= 4 is 29.1 Å². The average Bonchev–Trinajstić information content (AvgIpc) is 2.51. The summed E-state index contributed by atoms with van der Waals surface area (Å²) in [6.07, 6.45) is 6.64. The molecule has 0 fully saturated rings. The molecule has 0 heterocycles. The Bertz CT molecular complexity index is 618. The Kier molecular flexibility index (Phi) is 1.22. The third-order valence-electron chi connectivity index (χ3n) is 2.56. The van der Waals surface area contributed by atoms with E-state index in [2.05, 4.69) is 6.08 Å². The maximum Gasteiger partial charge on any atom is 0.0725 e. The molecule has 0 amide bonds. The average molecular weight is 179 g/mol. The molecule has 14 heavy (non-hydrogen) atoms. The van der Waals surface area contributed by atoms with Gasteiger partial charge in [-0.3, -0.25) is 5.41 Å². The monoisotopic (exact) mass is 179 g/mol. The minimum Gasteiger partial charge on any atom is -0.300 e. The van der Waals surface area contributed by atoms with Crippen molar-refractivity contribution in [1.29, 1.82) is 10.8 Å². The summed E-state index contributed by atoms with van der Waals surface area (Å²) in [5.74, 6) is 0. The fourth-order valence-electron chi connectivity index (χ4n) is 1.94. The molecular weight excluding hydrogens is 172 g/mol. The second-order valence-corrected chi connectivity index (χ2v) is 3.39. The van der Waals surface area contributed by atoms with Gasteiger partial charge in [0.2, 0.25) is 0 Å². The van der Waals surface area contributed by atoms with Gasteiger partial charge in [-0.25, -0.2) is 0 Å². The number of rotatable bonds is 0. The molecule has 0 spiro atoms. The van der Waals surface area contributed by atoms with Gasteiger partial charge >= 0.3 is 0 Å². The first-order valence-corrected chi connectivity index (χ1v) is 4.40. The van der Waals surface area contributed by atoms with Gasteiger partial charge in [0.15, 0.2) is 0 Å². The molecule has 2 heteroatoms. The van der Waals surface area contributed by atoms with Crippen molar-refractivity contribution in [1.82, 2.24) is 0 Å². The molecule has 0 aromatic heterocycles. The van der Waals surface area contributed by atoms with Crippen LogP contribution >= 0.6 is 0 Å². The third-order valence-corrected chi connectivity index (χ3v) is 2.56. The molecule has 2 aliphatic rings. The van der Waals surface area contributed by atoms with Gasteiger partial charge in [-0.1, -0.05) is 24.3 Å². The van der Waals surface area contributed by atoms with Crippen LogP contribution in [0.15, 0.2) is 24.3 Å². The molecule has 2 aliphatic carbocycles. The predicted octanol–water partition coefficient (Wildman–Crippen LogP) is 0.575. The maximum atomic E-state index is 7.74. The maximum absolute atomic E-state index is 7.74. The van der Waals surface area contributed by atoms with E-state index in [0.717, 1.165) is 21.6 Å². The number of nitrogens with one attached hydrogen (secondary N) is 2. The van der Waals surface area contributed by atoms with E-state index in [1.807, 2.05) is 24.3 Å². The molecule has 65 valence electrons.